The molecule has 2 unspecified atom stereocenters. The Kier molecular flexibility index (Phi) is 3.88. The Morgan fingerprint density at radius 3 is 2.18 bits per heavy atom. The van der Waals surface area contributed by atoms with Gasteiger partial charge in [-0.1, -0.05) is 32.9 Å². The van der Waals surface area contributed by atoms with E-state index in [0.29, 0.717) is 6.04 Å². The summed E-state index contributed by atoms with van der Waals surface area (Å²) in [5, 5.41) is 3.51. The molecule has 1 aliphatic carbocycles. The highest BCUT2D eigenvalue weighted by Gasteiger charge is 2.27. The minimum atomic E-state index is 0.572. The van der Waals surface area contributed by atoms with E-state index in [1.165, 1.54) is 12.8 Å². The first-order valence-electron chi connectivity index (χ1n) is 7.04. The summed E-state index contributed by atoms with van der Waals surface area (Å²) in [4.78, 5) is 0. The molecule has 0 saturated heterocycles. The van der Waals surface area contributed by atoms with Crippen LogP contribution in [0.5, 0.6) is 0 Å². The Balaban J connectivity index is 2.61. The third-order valence-corrected chi connectivity index (χ3v) is 4.31. The van der Waals surface area contributed by atoms with Gasteiger partial charge in [-0.05, 0) is 60.9 Å². The van der Waals surface area contributed by atoms with Gasteiger partial charge in [0.05, 0.1) is 0 Å². The van der Waals surface area contributed by atoms with Crippen molar-refractivity contribution in [3.05, 3.63) is 34.4 Å². The van der Waals surface area contributed by atoms with Gasteiger partial charge in [-0.25, -0.2) is 0 Å². The minimum Gasteiger partial charge on any atom is -0.313 e. The number of benzene rings is 1. The highest BCUT2D eigenvalue weighted by Crippen LogP contribution is 2.41. The lowest BCUT2D eigenvalue weighted by Crippen LogP contribution is -2.25. The summed E-state index contributed by atoms with van der Waals surface area (Å²) in [7, 11) is 2.10. The zero-order valence-electron chi connectivity index (χ0n) is 11.6. The molecule has 1 aromatic rings. The number of hydrogen-bond donors (Lipinski definition) is 1. The second kappa shape index (κ2) is 5.22. The molecule has 0 aliphatic heterocycles. The summed E-state index contributed by atoms with van der Waals surface area (Å²) in [6.45, 7) is 6.94. The fourth-order valence-electron chi connectivity index (χ4n) is 3.33. The van der Waals surface area contributed by atoms with Gasteiger partial charge < -0.3 is 5.32 Å². The molecule has 0 radical (unpaired) electrons. The zero-order chi connectivity index (χ0) is 12.4. The molecule has 0 saturated carbocycles. The second-order valence-electron chi connectivity index (χ2n) is 5.24. The lowest BCUT2D eigenvalue weighted by atomic mass is 9.75. The van der Waals surface area contributed by atoms with Crippen LogP contribution in [0.3, 0.4) is 0 Å². The van der Waals surface area contributed by atoms with Gasteiger partial charge in [-0.3, -0.25) is 0 Å². The van der Waals surface area contributed by atoms with Crippen LogP contribution in [0, 0.1) is 0 Å². The van der Waals surface area contributed by atoms with Crippen molar-refractivity contribution in [2.24, 2.45) is 0 Å². The summed E-state index contributed by atoms with van der Waals surface area (Å²) < 4.78 is 0. The average Bonchev–Trinajstić information content (AvgIpc) is 2.38. The van der Waals surface area contributed by atoms with Gasteiger partial charge in [0.25, 0.3) is 0 Å². The highest BCUT2D eigenvalue weighted by atomic mass is 14.9. The Hall–Kier alpha value is -0.820. The maximum absolute atomic E-state index is 3.51. The largest absolute Gasteiger partial charge is 0.313 e. The summed E-state index contributed by atoms with van der Waals surface area (Å²) in [6.07, 6.45) is 4.91. The van der Waals surface area contributed by atoms with Crippen molar-refractivity contribution in [3.8, 4) is 0 Å². The fourth-order valence-corrected chi connectivity index (χ4v) is 3.33. The van der Waals surface area contributed by atoms with Crippen molar-refractivity contribution in [2.45, 2.75) is 58.4 Å². The Morgan fingerprint density at radius 2 is 1.65 bits per heavy atom. The molecule has 0 amide bonds. The van der Waals surface area contributed by atoms with E-state index in [2.05, 4.69) is 45.3 Å². The van der Waals surface area contributed by atoms with Crippen LogP contribution in [0.1, 0.15) is 67.8 Å². The van der Waals surface area contributed by atoms with Crippen molar-refractivity contribution in [1.82, 2.24) is 5.32 Å². The zero-order valence-corrected chi connectivity index (χ0v) is 11.6. The first kappa shape index (κ1) is 12.6. The molecule has 1 aromatic carbocycles. The van der Waals surface area contributed by atoms with Gasteiger partial charge in [0.2, 0.25) is 0 Å². The molecule has 2 rings (SSSR count). The van der Waals surface area contributed by atoms with Gasteiger partial charge in [-0.15, -0.1) is 0 Å². The molecule has 0 spiro atoms. The fraction of sp³-hybridized carbons (Fsp3) is 0.625. The topological polar surface area (TPSA) is 12.0 Å². The van der Waals surface area contributed by atoms with E-state index in [4.69, 9.17) is 0 Å². The Bertz CT molecular complexity index is 395. The predicted octanol–water partition coefficient (Wildman–Crippen LogP) is 3.97. The molecule has 94 valence electrons. The smallest absolute Gasteiger partial charge is 0.0323 e. The maximum Gasteiger partial charge on any atom is 0.0323 e. The standard InChI is InChI=1S/C16H25N/c1-5-12-8-9-13(6-2)16-14(17-4)10-7-11(3)15(12)16/h8-9,11,14,17H,5-7,10H2,1-4H3. The maximum atomic E-state index is 3.51. The molecule has 0 fully saturated rings. The summed E-state index contributed by atoms with van der Waals surface area (Å²) in [6, 6.07) is 5.27. The third-order valence-electron chi connectivity index (χ3n) is 4.31. The van der Waals surface area contributed by atoms with Crippen LogP contribution in [0.15, 0.2) is 12.1 Å². The van der Waals surface area contributed by atoms with Gasteiger partial charge in [0.15, 0.2) is 0 Å². The molecule has 1 N–H and O–H groups in total. The first-order chi connectivity index (χ1) is 8.22. The summed E-state index contributed by atoms with van der Waals surface area (Å²) >= 11 is 0. The number of rotatable bonds is 3. The monoisotopic (exact) mass is 231 g/mol. The summed E-state index contributed by atoms with van der Waals surface area (Å²) in [5.41, 5.74) is 6.37. The van der Waals surface area contributed by atoms with E-state index in [9.17, 15) is 0 Å². The van der Waals surface area contributed by atoms with Gasteiger partial charge in [0.1, 0.15) is 0 Å². The van der Waals surface area contributed by atoms with Crippen molar-refractivity contribution >= 4 is 0 Å². The van der Waals surface area contributed by atoms with E-state index in [1.807, 2.05) is 0 Å². The molecule has 0 aromatic heterocycles. The van der Waals surface area contributed by atoms with E-state index in [1.54, 1.807) is 22.3 Å². The molecule has 1 aliphatic rings. The Morgan fingerprint density at radius 1 is 1.06 bits per heavy atom. The molecule has 1 nitrogen and oxygen atoms in total. The number of hydrogen-bond acceptors (Lipinski definition) is 1. The molecule has 17 heavy (non-hydrogen) atoms. The lowest BCUT2D eigenvalue weighted by molar-refractivity contribution is 0.454. The SMILES string of the molecule is CCc1ccc(CC)c2c1C(C)CCC2NC. The third kappa shape index (κ3) is 2.13. The average molecular weight is 231 g/mol. The number of fused-ring (bicyclic) bond motifs is 1. The normalized spacial score (nSPS) is 23.5. The van der Waals surface area contributed by atoms with Crippen molar-refractivity contribution < 1.29 is 0 Å². The van der Waals surface area contributed by atoms with Crippen LogP contribution in [0.25, 0.3) is 0 Å². The molecular formula is C16H25N. The van der Waals surface area contributed by atoms with Gasteiger partial charge >= 0.3 is 0 Å². The summed E-state index contributed by atoms with van der Waals surface area (Å²) in [5.74, 6) is 0.732. The molecule has 1 heteroatoms. The van der Waals surface area contributed by atoms with Crippen molar-refractivity contribution in [1.29, 1.82) is 0 Å². The molecule has 2 atom stereocenters. The van der Waals surface area contributed by atoms with E-state index < -0.39 is 0 Å². The first-order valence-corrected chi connectivity index (χ1v) is 7.04. The molecule has 0 heterocycles. The van der Waals surface area contributed by atoms with Crippen LogP contribution in [-0.4, -0.2) is 7.05 Å². The second-order valence-corrected chi connectivity index (χ2v) is 5.24. The predicted molar refractivity (Wildman–Crippen MR) is 74.6 cm³/mol. The molecular weight excluding hydrogens is 206 g/mol. The van der Waals surface area contributed by atoms with Crippen LogP contribution in [-0.2, 0) is 12.8 Å². The molecule has 0 bridgehead atoms. The van der Waals surface area contributed by atoms with Gasteiger partial charge in [0, 0.05) is 6.04 Å². The number of nitrogens with one attached hydrogen (secondary N) is 1. The van der Waals surface area contributed by atoms with Crippen LogP contribution < -0.4 is 5.32 Å². The van der Waals surface area contributed by atoms with Crippen molar-refractivity contribution in [2.75, 3.05) is 7.05 Å². The van der Waals surface area contributed by atoms with Crippen molar-refractivity contribution in [3.63, 3.8) is 0 Å². The van der Waals surface area contributed by atoms with E-state index in [-0.39, 0.29) is 0 Å². The van der Waals surface area contributed by atoms with Crippen LogP contribution >= 0.6 is 0 Å². The Labute approximate surface area is 106 Å². The van der Waals surface area contributed by atoms with E-state index >= 15 is 0 Å². The highest BCUT2D eigenvalue weighted by molar-refractivity contribution is 5.46. The minimum absolute atomic E-state index is 0.572. The quantitative estimate of drug-likeness (QED) is 0.830. The van der Waals surface area contributed by atoms with Gasteiger partial charge in [-0.2, -0.15) is 0 Å². The lowest BCUT2D eigenvalue weighted by Gasteiger charge is -2.33. The van der Waals surface area contributed by atoms with Crippen LogP contribution in [0.2, 0.25) is 0 Å². The van der Waals surface area contributed by atoms with E-state index in [0.717, 1.165) is 18.8 Å². The van der Waals surface area contributed by atoms with Crippen LogP contribution in [0.4, 0.5) is 0 Å². The number of aryl methyl sites for hydroxylation is 2.